The summed E-state index contributed by atoms with van der Waals surface area (Å²) in [4.78, 5) is 70.2. The largest absolute Gasteiger partial charge is 0.497 e. The topological polar surface area (TPSA) is 188 Å². The molecule has 434 valence electrons. The van der Waals surface area contributed by atoms with Crippen molar-refractivity contribution in [1.82, 2.24) is 30.2 Å². The molecule has 2 aliphatic rings. The van der Waals surface area contributed by atoms with Crippen molar-refractivity contribution in [3.05, 3.63) is 268 Å². The van der Waals surface area contributed by atoms with Crippen LogP contribution in [0.25, 0.3) is 0 Å². The quantitative estimate of drug-likeness (QED) is 0.00796. The molecule has 0 aliphatic carbocycles. The third kappa shape index (κ3) is 12.4. The van der Waals surface area contributed by atoms with Crippen LogP contribution in [-0.2, 0) is 35.1 Å². The van der Waals surface area contributed by atoms with E-state index in [1.54, 1.807) is 69.3 Å². The van der Waals surface area contributed by atoms with Gasteiger partial charge in [0, 0.05) is 38.7 Å². The number of carbonyl (C=O) groups excluding carboxylic acids is 4. The molecule has 86 heavy (non-hydrogen) atoms. The van der Waals surface area contributed by atoms with Crippen LogP contribution in [0.2, 0.25) is 0 Å². The summed E-state index contributed by atoms with van der Waals surface area (Å²) in [5.74, 6) is -0.548. The molecule has 20 heteroatoms. The summed E-state index contributed by atoms with van der Waals surface area (Å²) in [7, 11) is 1.54. The van der Waals surface area contributed by atoms with Gasteiger partial charge in [-0.15, -0.1) is 40.0 Å². The van der Waals surface area contributed by atoms with Gasteiger partial charge in [0.1, 0.15) is 50.5 Å². The second-order valence-electron chi connectivity index (χ2n) is 20.8. The Kier molecular flexibility index (Phi) is 17.9. The van der Waals surface area contributed by atoms with Gasteiger partial charge in [-0.2, -0.15) is 0 Å². The van der Waals surface area contributed by atoms with Gasteiger partial charge in [0.05, 0.1) is 13.3 Å². The molecule has 2 atom stereocenters. The maximum absolute atomic E-state index is 15.1. The Hall–Kier alpha value is -8.95. The first-order valence-corrected chi connectivity index (χ1v) is 31.4. The van der Waals surface area contributed by atoms with Crippen molar-refractivity contribution in [3.63, 3.8) is 0 Å². The summed E-state index contributed by atoms with van der Waals surface area (Å²) < 4.78 is 18.7. The van der Waals surface area contributed by atoms with E-state index in [4.69, 9.17) is 24.3 Å². The van der Waals surface area contributed by atoms with Gasteiger partial charge in [-0.05, 0) is 67.3 Å². The van der Waals surface area contributed by atoms with E-state index in [0.29, 0.717) is 49.6 Å². The van der Waals surface area contributed by atoms with Gasteiger partial charge in [0.2, 0.25) is 5.60 Å². The van der Waals surface area contributed by atoms with Crippen molar-refractivity contribution in [2.45, 2.75) is 54.0 Å². The fourth-order valence-corrected chi connectivity index (χ4v) is 14.4. The second-order valence-corrected chi connectivity index (χ2v) is 25.1. The van der Waals surface area contributed by atoms with Crippen LogP contribution in [0.3, 0.4) is 0 Å². The molecule has 0 saturated carbocycles. The Bertz CT molecular complexity index is 3700. The van der Waals surface area contributed by atoms with Gasteiger partial charge < -0.3 is 24.4 Å². The van der Waals surface area contributed by atoms with Crippen molar-refractivity contribution < 1.29 is 38.2 Å². The van der Waals surface area contributed by atoms with E-state index in [1.165, 1.54) is 28.4 Å². The summed E-state index contributed by atoms with van der Waals surface area (Å²) in [5.41, 5.74) is 2.68. The highest BCUT2D eigenvalue weighted by Crippen LogP contribution is 2.45. The lowest BCUT2D eigenvalue weighted by Crippen LogP contribution is -2.71. The Morgan fingerprint density at radius 2 is 1.21 bits per heavy atom. The normalized spacial score (nSPS) is 15.2. The zero-order chi connectivity index (χ0) is 59.7. The van der Waals surface area contributed by atoms with Crippen LogP contribution in [0.4, 0.5) is 9.93 Å². The van der Waals surface area contributed by atoms with Gasteiger partial charge in [-0.1, -0.05) is 204 Å². The maximum atomic E-state index is 15.1. The average molecular weight is 1220 g/mol. The number of benzene rings is 7. The highest BCUT2D eigenvalue weighted by atomic mass is 32.2. The van der Waals surface area contributed by atoms with Crippen molar-refractivity contribution in [2.75, 3.05) is 29.0 Å². The number of carbonyl (C=O) groups is 4. The monoisotopic (exact) mass is 1220 g/mol. The Morgan fingerprint density at radius 3 is 1.72 bits per heavy atom. The first-order chi connectivity index (χ1) is 41.8. The smallest absolute Gasteiger partial charge is 0.413 e. The number of β-lactam (4-membered cyclic amide) rings is 1. The lowest BCUT2D eigenvalue weighted by atomic mass is 9.77. The van der Waals surface area contributed by atoms with Gasteiger partial charge in [0.15, 0.2) is 10.8 Å². The molecule has 2 aliphatic heterocycles. The number of hydrogen-bond acceptors (Lipinski definition) is 16. The summed E-state index contributed by atoms with van der Waals surface area (Å²) in [6.45, 7) is 5.23. The number of fused-ring (bicyclic) bond motifs is 1. The number of nitrogens with one attached hydrogen (secondary N) is 2. The van der Waals surface area contributed by atoms with Crippen LogP contribution in [0, 0.1) is 0 Å². The number of anilines is 1. The molecule has 2 aromatic heterocycles. The number of methoxy groups -OCH3 is 1. The highest BCUT2D eigenvalue weighted by Gasteiger charge is 2.55. The van der Waals surface area contributed by atoms with E-state index in [-0.39, 0.29) is 28.0 Å². The first kappa shape index (κ1) is 58.8. The average Bonchev–Trinajstić information content (AvgIpc) is 1.10. The number of aromatic nitrogens is 4. The molecule has 0 spiro atoms. The molecule has 7 aromatic carbocycles. The molecule has 0 radical (unpaired) electrons. The number of oxime groups is 1. The Balaban J connectivity index is 0.876. The molecule has 0 unspecified atom stereocenters. The molecule has 2 N–H and O–H groups in total. The molecular formula is C66H58N8O8S4. The van der Waals surface area contributed by atoms with Gasteiger partial charge >= 0.3 is 12.1 Å². The fourth-order valence-electron chi connectivity index (χ4n) is 10.3. The molecule has 16 nitrogen and oxygen atoms in total. The summed E-state index contributed by atoms with van der Waals surface area (Å²) in [6, 6.07) is 64.8. The third-order valence-corrected chi connectivity index (χ3v) is 18.4. The minimum absolute atomic E-state index is 0.0489. The van der Waals surface area contributed by atoms with Crippen LogP contribution in [0.1, 0.15) is 59.8 Å². The number of nitrogens with zero attached hydrogens (tertiary/aromatic N) is 6. The van der Waals surface area contributed by atoms with E-state index < -0.39 is 52.0 Å². The Labute approximate surface area is 514 Å². The van der Waals surface area contributed by atoms with E-state index in [1.807, 2.05) is 156 Å². The van der Waals surface area contributed by atoms with Gasteiger partial charge in [-0.25, -0.2) is 19.3 Å². The molecule has 0 bridgehead atoms. The Morgan fingerprint density at radius 1 is 0.698 bits per heavy atom. The number of thiazole rings is 1. The van der Waals surface area contributed by atoms with Crippen LogP contribution in [0.5, 0.6) is 11.5 Å². The van der Waals surface area contributed by atoms with Crippen molar-refractivity contribution in [3.8, 4) is 11.5 Å². The van der Waals surface area contributed by atoms with Crippen molar-refractivity contribution >= 4 is 81.3 Å². The second kappa shape index (κ2) is 26.1. The molecule has 11 rings (SSSR count). The molecule has 4 heterocycles. The minimum atomic E-state index is -1.40. The zero-order valence-electron chi connectivity index (χ0n) is 47.1. The molecule has 1 fully saturated rings. The molecule has 9 aromatic rings. The third-order valence-electron chi connectivity index (χ3n) is 14.1. The summed E-state index contributed by atoms with van der Waals surface area (Å²) in [6.07, 6.45) is 1.22. The van der Waals surface area contributed by atoms with Crippen LogP contribution >= 0.6 is 46.6 Å². The van der Waals surface area contributed by atoms with E-state index in [9.17, 15) is 14.4 Å². The predicted molar refractivity (Wildman–Crippen MR) is 337 cm³/mol. The van der Waals surface area contributed by atoms with Gasteiger partial charge in [-0.3, -0.25) is 19.8 Å². The standard InChI is InChI=1S/C66H58N8O8S4/c1-64(2,3)81-63(78)69-62-67-53(42-85-62)55(71-82-66(48-29-17-8-18-30-48,49-31-19-9-20-32-49)50-33-21-10-22-34-50)58(75)68-56-59(76)74-57(61(77)80-52-37-35-51(79-4)36-38-52)44(41-84-60(56)74)40-83-43-86-54-39-73(72-70-54)65(45-23-11-5-12-24-45,46-25-13-6-14-26-46)47-27-15-7-16-28-47/h5-39,42,56,60H,40-41,43H2,1-4H3,(H,68,75)(H,67,69,78)/b71-55-/t56-,60-/m1/s1. The number of esters is 1. The molecule has 3 amide bonds. The van der Waals surface area contributed by atoms with Crippen molar-refractivity contribution in [1.29, 1.82) is 0 Å². The number of thioether (sulfide) groups is 3. The first-order valence-electron chi connectivity index (χ1n) is 27.4. The highest BCUT2D eigenvalue weighted by molar-refractivity contribution is 8.16. The fraction of sp³-hybridized carbons (Fsp3) is 0.182. The molecule has 1 saturated heterocycles. The van der Waals surface area contributed by atoms with Gasteiger partial charge in [0.25, 0.3) is 11.8 Å². The number of ether oxygens (including phenoxy) is 3. The number of hydrogen-bond donors (Lipinski definition) is 2. The summed E-state index contributed by atoms with van der Waals surface area (Å²) >= 11 is 5.52. The minimum Gasteiger partial charge on any atom is -0.497 e. The lowest BCUT2D eigenvalue weighted by Gasteiger charge is -2.49. The zero-order valence-corrected chi connectivity index (χ0v) is 50.4. The van der Waals surface area contributed by atoms with E-state index >= 15 is 4.79 Å². The van der Waals surface area contributed by atoms with Crippen molar-refractivity contribution in [2.24, 2.45) is 5.16 Å². The maximum Gasteiger partial charge on any atom is 0.413 e. The SMILES string of the molecule is COc1ccc(OC(=O)C2=C(CSCSc3cn(C(c4ccccc4)(c4ccccc4)c4ccccc4)nn3)CS[C@@H]3[C@H](NC(=O)/C(=N\OC(c4ccccc4)(c4ccccc4)c4ccccc4)c4csc(NC(=O)OC(C)(C)C)n4)C(=O)N23)cc1. The number of amides is 3. The van der Waals surface area contributed by atoms with Crippen LogP contribution in [-0.4, -0.2) is 95.2 Å². The predicted octanol–water partition coefficient (Wildman–Crippen LogP) is 12.4. The lowest BCUT2D eigenvalue weighted by molar-refractivity contribution is -0.149. The van der Waals surface area contributed by atoms with E-state index in [0.717, 1.165) is 28.0 Å². The van der Waals surface area contributed by atoms with Crippen LogP contribution < -0.4 is 20.1 Å². The van der Waals surface area contributed by atoms with Crippen LogP contribution in [0.15, 0.2) is 239 Å². The molecular weight excluding hydrogens is 1160 g/mol. The summed E-state index contributed by atoms with van der Waals surface area (Å²) in [5, 5.41) is 21.9. The van der Waals surface area contributed by atoms with E-state index in [2.05, 4.69) is 62.3 Å². The number of rotatable bonds is 21.